The summed E-state index contributed by atoms with van der Waals surface area (Å²) in [7, 11) is 1.91. The van der Waals surface area contributed by atoms with E-state index in [9.17, 15) is 4.39 Å². The third-order valence-electron chi connectivity index (χ3n) is 4.33. The van der Waals surface area contributed by atoms with Crippen LogP contribution in [0.3, 0.4) is 0 Å². The Morgan fingerprint density at radius 2 is 1.79 bits per heavy atom. The number of halogens is 1. The minimum atomic E-state index is -0.131. The molecule has 2 atom stereocenters. The lowest BCUT2D eigenvalue weighted by molar-refractivity contribution is 0.0714. The number of rotatable bonds is 7. The summed E-state index contributed by atoms with van der Waals surface area (Å²) in [4.78, 5) is 2.40. The molecule has 1 rings (SSSR count). The average molecular weight is 266 g/mol. The van der Waals surface area contributed by atoms with E-state index in [-0.39, 0.29) is 17.4 Å². The second-order valence-electron chi connectivity index (χ2n) is 5.13. The van der Waals surface area contributed by atoms with Gasteiger partial charge in [-0.3, -0.25) is 4.90 Å². The molecule has 0 fully saturated rings. The Labute approximate surface area is 117 Å². The van der Waals surface area contributed by atoms with Gasteiger partial charge in [0, 0.05) is 11.1 Å². The van der Waals surface area contributed by atoms with Gasteiger partial charge in [0.05, 0.1) is 6.04 Å². The normalized spacial score (nSPS) is 16.4. The van der Waals surface area contributed by atoms with Gasteiger partial charge < -0.3 is 5.32 Å². The van der Waals surface area contributed by atoms with Crippen LogP contribution in [0.15, 0.2) is 24.3 Å². The van der Waals surface area contributed by atoms with Crippen LogP contribution in [0.25, 0.3) is 0 Å². The predicted molar refractivity (Wildman–Crippen MR) is 79.8 cm³/mol. The summed E-state index contributed by atoms with van der Waals surface area (Å²) in [6.07, 6.45) is 0.967. The zero-order valence-corrected chi connectivity index (χ0v) is 12.8. The average Bonchev–Trinajstić information content (AvgIpc) is 2.43. The zero-order chi connectivity index (χ0) is 14.5. The van der Waals surface area contributed by atoms with Crippen molar-refractivity contribution in [2.24, 2.45) is 0 Å². The van der Waals surface area contributed by atoms with Gasteiger partial charge in [-0.25, -0.2) is 4.39 Å². The summed E-state index contributed by atoms with van der Waals surface area (Å²) in [6, 6.07) is 7.05. The second-order valence-corrected chi connectivity index (χ2v) is 5.13. The van der Waals surface area contributed by atoms with Crippen molar-refractivity contribution >= 4 is 0 Å². The molecule has 108 valence electrons. The Morgan fingerprint density at radius 3 is 2.21 bits per heavy atom. The van der Waals surface area contributed by atoms with Crippen LogP contribution in [0.4, 0.5) is 4.39 Å². The first-order valence-electron chi connectivity index (χ1n) is 7.21. The quantitative estimate of drug-likeness (QED) is 0.811. The van der Waals surface area contributed by atoms with Crippen molar-refractivity contribution in [2.75, 3.05) is 20.1 Å². The molecule has 2 unspecified atom stereocenters. The molecule has 2 nitrogen and oxygen atoms in total. The van der Waals surface area contributed by atoms with Gasteiger partial charge in [0.1, 0.15) is 5.82 Å². The number of nitrogens with zero attached hydrogens (tertiary/aromatic N) is 1. The number of hydrogen-bond donors (Lipinski definition) is 1. The Balaban J connectivity index is 3.22. The summed E-state index contributed by atoms with van der Waals surface area (Å²) >= 11 is 0. The molecule has 1 aromatic carbocycles. The molecule has 0 aliphatic heterocycles. The number of benzene rings is 1. The molecule has 1 aromatic rings. The Morgan fingerprint density at radius 1 is 1.21 bits per heavy atom. The van der Waals surface area contributed by atoms with Crippen molar-refractivity contribution in [3.05, 3.63) is 35.6 Å². The van der Waals surface area contributed by atoms with E-state index in [0.29, 0.717) is 0 Å². The minimum Gasteiger partial charge on any atom is -0.311 e. The molecule has 0 spiro atoms. The third kappa shape index (κ3) is 3.15. The van der Waals surface area contributed by atoms with Crippen LogP contribution in [0.5, 0.6) is 0 Å². The van der Waals surface area contributed by atoms with Crippen molar-refractivity contribution in [3.63, 3.8) is 0 Å². The minimum absolute atomic E-state index is 0.0152. The summed E-state index contributed by atoms with van der Waals surface area (Å²) < 4.78 is 14.1. The summed E-state index contributed by atoms with van der Waals surface area (Å²) in [5.74, 6) is -0.131. The topological polar surface area (TPSA) is 15.3 Å². The first-order chi connectivity index (χ1) is 9.04. The van der Waals surface area contributed by atoms with E-state index >= 15 is 0 Å². The second kappa shape index (κ2) is 7.01. The van der Waals surface area contributed by atoms with E-state index in [4.69, 9.17) is 0 Å². The van der Waals surface area contributed by atoms with Crippen molar-refractivity contribution in [1.82, 2.24) is 10.2 Å². The highest BCUT2D eigenvalue weighted by atomic mass is 19.1. The molecule has 0 aliphatic rings. The maximum absolute atomic E-state index is 14.1. The zero-order valence-electron chi connectivity index (χ0n) is 12.8. The molecule has 0 bridgehead atoms. The van der Waals surface area contributed by atoms with Gasteiger partial charge in [0.15, 0.2) is 0 Å². The molecule has 19 heavy (non-hydrogen) atoms. The van der Waals surface area contributed by atoms with Crippen molar-refractivity contribution in [2.45, 2.75) is 45.7 Å². The molecule has 0 heterocycles. The van der Waals surface area contributed by atoms with Gasteiger partial charge in [-0.15, -0.1) is 0 Å². The lowest BCUT2D eigenvalue weighted by atomic mass is 9.82. The van der Waals surface area contributed by atoms with E-state index in [1.165, 1.54) is 6.07 Å². The van der Waals surface area contributed by atoms with Crippen LogP contribution in [0.2, 0.25) is 0 Å². The van der Waals surface area contributed by atoms with Crippen LogP contribution < -0.4 is 5.32 Å². The SMILES string of the molecule is CCN(CC)C(C)(CC)C(NC)c1ccccc1F. The molecule has 0 aromatic heterocycles. The first-order valence-corrected chi connectivity index (χ1v) is 7.21. The largest absolute Gasteiger partial charge is 0.311 e. The maximum atomic E-state index is 14.1. The van der Waals surface area contributed by atoms with Gasteiger partial charge in [-0.2, -0.15) is 0 Å². The predicted octanol–water partition coefficient (Wildman–Crippen LogP) is 3.60. The van der Waals surface area contributed by atoms with Crippen LogP contribution in [0.1, 0.15) is 45.7 Å². The maximum Gasteiger partial charge on any atom is 0.128 e. The summed E-state index contributed by atoms with van der Waals surface area (Å²) in [6.45, 7) is 10.6. The summed E-state index contributed by atoms with van der Waals surface area (Å²) in [5.41, 5.74) is 0.654. The number of nitrogens with one attached hydrogen (secondary N) is 1. The highest BCUT2D eigenvalue weighted by Crippen LogP contribution is 2.34. The van der Waals surface area contributed by atoms with Crippen molar-refractivity contribution < 1.29 is 4.39 Å². The van der Waals surface area contributed by atoms with Crippen molar-refractivity contribution in [1.29, 1.82) is 0 Å². The van der Waals surface area contributed by atoms with Crippen LogP contribution in [-0.2, 0) is 0 Å². The lowest BCUT2D eigenvalue weighted by Crippen LogP contribution is -2.53. The highest BCUT2D eigenvalue weighted by Gasteiger charge is 2.38. The fourth-order valence-corrected chi connectivity index (χ4v) is 3.07. The number of hydrogen-bond acceptors (Lipinski definition) is 2. The van der Waals surface area contributed by atoms with E-state index in [1.54, 1.807) is 6.07 Å². The van der Waals surface area contributed by atoms with E-state index in [2.05, 4.69) is 37.9 Å². The molecule has 3 heteroatoms. The Kier molecular flexibility index (Phi) is 5.95. The lowest BCUT2D eigenvalue weighted by Gasteiger charge is -2.46. The number of likely N-dealkylation sites (N-methyl/N-ethyl adjacent to an activating group) is 2. The van der Waals surface area contributed by atoms with Gasteiger partial charge in [0.2, 0.25) is 0 Å². The molecule has 0 saturated carbocycles. The fourth-order valence-electron chi connectivity index (χ4n) is 3.07. The standard InChI is InChI=1S/C16H27FN2/c1-6-16(4,19(7-2)8-3)15(18-5)13-11-9-10-12-14(13)17/h9-12,15,18H,6-8H2,1-5H3. The van der Waals surface area contributed by atoms with Crippen LogP contribution in [0, 0.1) is 5.82 Å². The van der Waals surface area contributed by atoms with E-state index in [1.807, 2.05) is 19.2 Å². The molecular weight excluding hydrogens is 239 g/mol. The van der Waals surface area contributed by atoms with Gasteiger partial charge in [0.25, 0.3) is 0 Å². The molecular formula is C16H27FN2. The molecule has 0 amide bonds. The monoisotopic (exact) mass is 266 g/mol. The highest BCUT2D eigenvalue weighted by molar-refractivity contribution is 5.25. The van der Waals surface area contributed by atoms with E-state index in [0.717, 1.165) is 25.1 Å². The van der Waals surface area contributed by atoms with Crippen LogP contribution in [-0.4, -0.2) is 30.6 Å². The van der Waals surface area contributed by atoms with E-state index < -0.39 is 0 Å². The van der Waals surface area contributed by atoms with Gasteiger partial charge in [-0.1, -0.05) is 39.0 Å². The molecule has 0 radical (unpaired) electrons. The molecule has 0 aliphatic carbocycles. The molecule has 0 saturated heterocycles. The van der Waals surface area contributed by atoms with Gasteiger partial charge in [-0.05, 0) is 39.5 Å². The smallest absolute Gasteiger partial charge is 0.128 e. The van der Waals surface area contributed by atoms with Crippen LogP contribution >= 0.6 is 0 Å². The fraction of sp³-hybridized carbons (Fsp3) is 0.625. The van der Waals surface area contributed by atoms with Gasteiger partial charge >= 0.3 is 0 Å². The molecule has 1 N–H and O–H groups in total. The third-order valence-corrected chi connectivity index (χ3v) is 4.33. The summed E-state index contributed by atoms with van der Waals surface area (Å²) in [5, 5.41) is 3.32. The Bertz CT molecular complexity index is 390. The first kappa shape index (κ1) is 16.1. The van der Waals surface area contributed by atoms with Crippen molar-refractivity contribution in [3.8, 4) is 0 Å². The Hall–Kier alpha value is -0.930.